The normalized spacial score (nSPS) is 10.6. The lowest BCUT2D eigenvalue weighted by Gasteiger charge is -2.10. The number of pyridine rings is 1. The zero-order chi connectivity index (χ0) is 18.7. The number of carbonyl (C=O) groups is 1. The van der Waals surface area contributed by atoms with Gasteiger partial charge in [0.2, 0.25) is 0 Å². The van der Waals surface area contributed by atoms with Gasteiger partial charge in [0.25, 0.3) is 11.5 Å². The Morgan fingerprint density at radius 1 is 1.04 bits per heavy atom. The van der Waals surface area contributed by atoms with Crippen LogP contribution in [0.15, 0.2) is 65.6 Å². The predicted octanol–water partition coefficient (Wildman–Crippen LogP) is 4.59. The summed E-state index contributed by atoms with van der Waals surface area (Å²) in [5.74, 6) is -0.944. The van der Waals surface area contributed by atoms with Gasteiger partial charge in [-0.05, 0) is 42.0 Å². The van der Waals surface area contributed by atoms with Crippen LogP contribution >= 0.6 is 23.2 Å². The van der Waals surface area contributed by atoms with Crippen LogP contribution in [-0.4, -0.2) is 10.5 Å². The lowest BCUT2D eigenvalue weighted by molar-refractivity contribution is 0.102. The first-order valence-corrected chi connectivity index (χ1v) is 8.40. The van der Waals surface area contributed by atoms with Gasteiger partial charge in [0.1, 0.15) is 11.4 Å². The molecule has 0 aliphatic carbocycles. The summed E-state index contributed by atoms with van der Waals surface area (Å²) in [4.78, 5) is 25.1. The molecule has 0 bridgehead atoms. The fourth-order valence-corrected chi connectivity index (χ4v) is 2.76. The highest BCUT2D eigenvalue weighted by Crippen LogP contribution is 2.29. The number of benzene rings is 2. The minimum Gasteiger partial charge on any atom is -0.320 e. The summed E-state index contributed by atoms with van der Waals surface area (Å²) in [6, 6.07) is 13.7. The van der Waals surface area contributed by atoms with Crippen molar-refractivity contribution >= 4 is 34.8 Å². The van der Waals surface area contributed by atoms with E-state index >= 15 is 0 Å². The molecule has 0 radical (unpaired) electrons. The molecule has 2 aromatic carbocycles. The van der Waals surface area contributed by atoms with Gasteiger partial charge in [-0.15, -0.1) is 0 Å². The van der Waals surface area contributed by atoms with Crippen molar-refractivity contribution in [3.63, 3.8) is 0 Å². The molecule has 0 saturated carbocycles. The smallest absolute Gasteiger partial charge is 0.263 e. The van der Waals surface area contributed by atoms with Crippen molar-refractivity contribution in [3.8, 4) is 0 Å². The lowest BCUT2D eigenvalue weighted by Crippen LogP contribution is -2.29. The van der Waals surface area contributed by atoms with Crippen molar-refractivity contribution in [2.24, 2.45) is 0 Å². The summed E-state index contributed by atoms with van der Waals surface area (Å²) in [6.45, 7) is 0.220. The lowest BCUT2D eigenvalue weighted by atomic mass is 10.2. The molecule has 132 valence electrons. The topological polar surface area (TPSA) is 51.1 Å². The van der Waals surface area contributed by atoms with E-state index in [2.05, 4.69) is 5.32 Å². The largest absolute Gasteiger partial charge is 0.320 e. The molecule has 0 unspecified atom stereocenters. The Bertz CT molecular complexity index is 1020. The summed E-state index contributed by atoms with van der Waals surface area (Å²) in [5.41, 5.74) is 0.555. The highest BCUT2D eigenvalue weighted by molar-refractivity contribution is 6.44. The fraction of sp³-hybridized carbons (Fsp3) is 0.0526. The molecule has 0 saturated heterocycles. The highest BCUT2D eigenvalue weighted by Gasteiger charge is 2.15. The van der Waals surface area contributed by atoms with Crippen molar-refractivity contribution in [1.82, 2.24) is 4.57 Å². The van der Waals surface area contributed by atoms with Crippen LogP contribution < -0.4 is 10.9 Å². The molecule has 4 nitrogen and oxygen atoms in total. The van der Waals surface area contributed by atoms with Crippen LogP contribution in [0.2, 0.25) is 10.0 Å². The number of amides is 1. The third kappa shape index (κ3) is 3.95. The Morgan fingerprint density at radius 3 is 2.50 bits per heavy atom. The van der Waals surface area contributed by atoms with Crippen LogP contribution in [0.5, 0.6) is 0 Å². The predicted molar refractivity (Wildman–Crippen MR) is 101 cm³/mol. The van der Waals surface area contributed by atoms with Crippen molar-refractivity contribution in [2.75, 3.05) is 5.32 Å². The second kappa shape index (κ2) is 7.72. The molecule has 0 spiro atoms. The quantitative estimate of drug-likeness (QED) is 0.707. The van der Waals surface area contributed by atoms with Crippen LogP contribution in [0.1, 0.15) is 15.9 Å². The zero-order valence-electron chi connectivity index (χ0n) is 13.4. The van der Waals surface area contributed by atoms with Gasteiger partial charge < -0.3 is 9.88 Å². The van der Waals surface area contributed by atoms with Gasteiger partial charge in [0.05, 0.1) is 22.3 Å². The van der Waals surface area contributed by atoms with E-state index in [1.165, 1.54) is 22.8 Å². The number of nitrogens with one attached hydrogen (secondary N) is 1. The first-order valence-electron chi connectivity index (χ1n) is 7.65. The molecular formula is C19H13Cl2FN2O2. The zero-order valence-corrected chi connectivity index (χ0v) is 14.9. The molecule has 0 aliphatic heterocycles. The second-order valence-corrected chi connectivity index (χ2v) is 6.32. The second-order valence-electron chi connectivity index (χ2n) is 5.54. The Morgan fingerprint density at radius 2 is 1.77 bits per heavy atom. The van der Waals surface area contributed by atoms with Gasteiger partial charge in [-0.25, -0.2) is 4.39 Å². The van der Waals surface area contributed by atoms with Crippen molar-refractivity contribution in [1.29, 1.82) is 0 Å². The molecule has 3 aromatic rings. The number of carbonyl (C=O) groups excluding carboxylic acids is 1. The Labute approximate surface area is 158 Å². The van der Waals surface area contributed by atoms with E-state index in [0.717, 1.165) is 5.56 Å². The van der Waals surface area contributed by atoms with Crippen LogP contribution in [0, 0.1) is 5.82 Å². The molecule has 0 atom stereocenters. The van der Waals surface area contributed by atoms with Crippen LogP contribution in [-0.2, 0) is 6.54 Å². The third-order valence-electron chi connectivity index (χ3n) is 3.73. The summed E-state index contributed by atoms with van der Waals surface area (Å²) in [7, 11) is 0. The summed E-state index contributed by atoms with van der Waals surface area (Å²) in [5, 5.41) is 3.09. The summed E-state index contributed by atoms with van der Waals surface area (Å²) < 4.78 is 14.4. The minimum atomic E-state index is -0.590. The average molecular weight is 391 g/mol. The molecule has 1 heterocycles. The van der Waals surface area contributed by atoms with Gasteiger partial charge >= 0.3 is 0 Å². The molecule has 0 aliphatic rings. The number of anilines is 1. The van der Waals surface area contributed by atoms with Crippen LogP contribution in [0.3, 0.4) is 0 Å². The highest BCUT2D eigenvalue weighted by atomic mass is 35.5. The molecule has 1 aromatic heterocycles. The van der Waals surface area contributed by atoms with Crippen molar-refractivity contribution in [3.05, 3.63) is 98.1 Å². The Hall–Kier alpha value is -2.63. The maximum atomic E-state index is 13.0. The average Bonchev–Trinajstić information content (AvgIpc) is 2.62. The first-order chi connectivity index (χ1) is 12.5. The van der Waals surface area contributed by atoms with Gasteiger partial charge in [-0.3, -0.25) is 9.59 Å². The maximum absolute atomic E-state index is 13.0. The Balaban J connectivity index is 1.86. The van der Waals surface area contributed by atoms with Gasteiger partial charge in [0, 0.05) is 6.20 Å². The van der Waals surface area contributed by atoms with E-state index < -0.39 is 11.5 Å². The molecule has 1 amide bonds. The van der Waals surface area contributed by atoms with Crippen molar-refractivity contribution in [2.45, 2.75) is 6.54 Å². The van der Waals surface area contributed by atoms with Gasteiger partial charge in [-0.2, -0.15) is 0 Å². The fourth-order valence-electron chi connectivity index (χ4n) is 2.41. The SMILES string of the molecule is O=C(Nc1cccc(Cl)c1Cl)c1cccn(Cc2ccc(F)cc2)c1=O. The van der Waals surface area contributed by atoms with Gasteiger partial charge in [0.15, 0.2) is 0 Å². The van der Waals surface area contributed by atoms with E-state index in [4.69, 9.17) is 23.2 Å². The third-order valence-corrected chi connectivity index (χ3v) is 4.55. The monoisotopic (exact) mass is 390 g/mol. The number of halogens is 3. The van der Waals surface area contributed by atoms with E-state index in [1.54, 1.807) is 42.6 Å². The number of aromatic nitrogens is 1. The van der Waals surface area contributed by atoms with E-state index in [9.17, 15) is 14.0 Å². The summed E-state index contributed by atoms with van der Waals surface area (Å²) >= 11 is 12.0. The minimum absolute atomic E-state index is 0.0364. The molecule has 1 N–H and O–H groups in total. The molecule has 0 fully saturated rings. The number of rotatable bonds is 4. The molecule has 7 heteroatoms. The summed E-state index contributed by atoms with van der Waals surface area (Å²) in [6.07, 6.45) is 1.56. The van der Waals surface area contributed by atoms with Gasteiger partial charge in [-0.1, -0.05) is 41.4 Å². The Kier molecular flexibility index (Phi) is 5.40. The first kappa shape index (κ1) is 18.2. The molecule has 3 rings (SSSR count). The van der Waals surface area contributed by atoms with Crippen LogP contribution in [0.4, 0.5) is 10.1 Å². The maximum Gasteiger partial charge on any atom is 0.263 e. The molecular weight excluding hydrogens is 378 g/mol. The van der Waals surface area contributed by atoms with Crippen LogP contribution in [0.25, 0.3) is 0 Å². The van der Waals surface area contributed by atoms with Crippen molar-refractivity contribution < 1.29 is 9.18 Å². The standard InChI is InChI=1S/C19H13Cl2FN2O2/c20-15-4-1-5-16(17(15)21)23-18(25)14-3-2-10-24(19(14)26)11-12-6-8-13(22)9-7-12/h1-10H,11H2,(H,23,25). The molecule has 26 heavy (non-hydrogen) atoms. The number of hydrogen-bond donors (Lipinski definition) is 1. The van der Waals surface area contributed by atoms with E-state index in [1.807, 2.05) is 0 Å². The van der Waals surface area contributed by atoms with E-state index in [-0.39, 0.29) is 22.9 Å². The number of nitrogens with zero attached hydrogens (tertiary/aromatic N) is 1. The number of hydrogen-bond acceptors (Lipinski definition) is 2. The van der Waals surface area contributed by atoms with E-state index in [0.29, 0.717) is 10.7 Å².